The Morgan fingerprint density at radius 2 is 1.88 bits per heavy atom. The van der Waals surface area contributed by atoms with Crippen molar-refractivity contribution in [3.63, 3.8) is 0 Å². The lowest BCUT2D eigenvalue weighted by Crippen LogP contribution is -2.35. The molecule has 0 aliphatic heterocycles. The van der Waals surface area contributed by atoms with Gasteiger partial charge in [-0.3, -0.25) is 9.59 Å². The van der Waals surface area contributed by atoms with E-state index < -0.39 is 11.8 Å². The summed E-state index contributed by atoms with van der Waals surface area (Å²) in [4.78, 5) is 27.0. The van der Waals surface area contributed by atoms with Crippen LogP contribution in [0.5, 0.6) is 5.75 Å². The number of likely N-dealkylation sites (N-methyl/N-ethyl adjacent to an activating group) is 1. The third-order valence-corrected chi connectivity index (χ3v) is 5.39. The van der Waals surface area contributed by atoms with E-state index in [-0.39, 0.29) is 12.2 Å². The van der Waals surface area contributed by atoms with Crippen LogP contribution in [0.15, 0.2) is 71.3 Å². The SMILES string of the molecule is COc1ccc(Cl)cc1NC(=O)CN(C)C(=O)c1cc(-c2ccco2)n(-c2cccc(Cl)c2)n1. The summed E-state index contributed by atoms with van der Waals surface area (Å²) in [7, 11) is 3.00. The second kappa shape index (κ2) is 10.0. The number of carbonyl (C=O) groups excluding carboxylic acids is 2. The van der Waals surface area contributed by atoms with Crippen LogP contribution in [0.4, 0.5) is 5.69 Å². The fourth-order valence-electron chi connectivity index (χ4n) is 3.34. The van der Waals surface area contributed by atoms with E-state index in [1.165, 1.54) is 25.3 Å². The minimum Gasteiger partial charge on any atom is -0.495 e. The van der Waals surface area contributed by atoms with Crippen molar-refractivity contribution >= 4 is 40.7 Å². The first kappa shape index (κ1) is 23.4. The van der Waals surface area contributed by atoms with Crippen molar-refractivity contribution in [1.29, 1.82) is 0 Å². The molecular weight excluding hydrogens is 479 g/mol. The number of ether oxygens (including phenoxy) is 1. The predicted octanol–water partition coefficient (Wildman–Crippen LogP) is 5.16. The molecule has 0 fully saturated rings. The molecular formula is C24H20Cl2N4O4. The van der Waals surface area contributed by atoms with Gasteiger partial charge in [0.05, 0.1) is 31.3 Å². The molecule has 0 aliphatic carbocycles. The third kappa shape index (κ3) is 5.08. The van der Waals surface area contributed by atoms with Crippen molar-refractivity contribution in [2.24, 2.45) is 0 Å². The number of benzene rings is 2. The van der Waals surface area contributed by atoms with Crippen LogP contribution in [0.25, 0.3) is 17.1 Å². The molecule has 0 unspecified atom stereocenters. The maximum absolute atomic E-state index is 13.1. The smallest absolute Gasteiger partial charge is 0.274 e. The topological polar surface area (TPSA) is 89.6 Å². The Bertz CT molecular complexity index is 1330. The minimum absolute atomic E-state index is 0.141. The molecule has 34 heavy (non-hydrogen) atoms. The largest absolute Gasteiger partial charge is 0.495 e. The monoisotopic (exact) mass is 498 g/mol. The van der Waals surface area contributed by atoms with Crippen LogP contribution in [0, 0.1) is 0 Å². The minimum atomic E-state index is -0.443. The van der Waals surface area contributed by atoms with Crippen LogP contribution in [0.3, 0.4) is 0 Å². The summed E-state index contributed by atoms with van der Waals surface area (Å²) in [6, 6.07) is 17.1. The normalized spacial score (nSPS) is 10.7. The summed E-state index contributed by atoms with van der Waals surface area (Å²) in [5.74, 6) is 0.119. The number of aromatic nitrogens is 2. The standard InChI is InChI=1S/C24H20Cl2N4O4/c1-29(14-23(31)27-18-12-16(26)8-9-21(18)33-2)24(32)19-13-20(22-7-4-10-34-22)30(28-19)17-6-3-5-15(25)11-17/h3-13H,14H2,1-2H3,(H,27,31). The quantitative estimate of drug-likeness (QED) is 0.380. The fourth-order valence-corrected chi connectivity index (χ4v) is 3.70. The van der Waals surface area contributed by atoms with E-state index in [9.17, 15) is 9.59 Å². The van der Waals surface area contributed by atoms with Gasteiger partial charge < -0.3 is 19.4 Å². The van der Waals surface area contributed by atoms with Gasteiger partial charge in [-0.25, -0.2) is 4.68 Å². The lowest BCUT2D eigenvalue weighted by Gasteiger charge is -2.16. The van der Waals surface area contributed by atoms with Crippen molar-refractivity contribution in [1.82, 2.24) is 14.7 Å². The maximum atomic E-state index is 13.1. The molecule has 8 nitrogen and oxygen atoms in total. The Labute approximate surface area is 205 Å². The van der Waals surface area contributed by atoms with Gasteiger partial charge >= 0.3 is 0 Å². The van der Waals surface area contributed by atoms with Crippen LogP contribution in [-0.4, -0.2) is 47.2 Å². The van der Waals surface area contributed by atoms with Crippen molar-refractivity contribution in [2.45, 2.75) is 0 Å². The van der Waals surface area contributed by atoms with E-state index in [0.717, 1.165) is 0 Å². The highest BCUT2D eigenvalue weighted by Crippen LogP contribution is 2.28. The van der Waals surface area contributed by atoms with Gasteiger partial charge in [-0.05, 0) is 48.5 Å². The zero-order chi connectivity index (χ0) is 24.2. The van der Waals surface area contributed by atoms with E-state index in [1.54, 1.807) is 59.3 Å². The Hall–Kier alpha value is -3.75. The molecule has 0 saturated heterocycles. The number of halogens is 2. The highest BCUT2D eigenvalue weighted by Gasteiger charge is 2.22. The van der Waals surface area contributed by atoms with Crippen molar-refractivity contribution in [3.8, 4) is 22.9 Å². The number of anilines is 1. The Kier molecular flexibility index (Phi) is 6.90. The van der Waals surface area contributed by atoms with Crippen LogP contribution in [0.2, 0.25) is 10.0 Å². The van der Waals surface area contributed by atoms with Crippen molar-refractivity contribution < 1.29 is 18.7 Å². The van der Waals surface area contributed by atoms with Crippen LogP contribution >= 0.6 is 23.2 Å². The Morgan fingerprint density at radius 1 is 1.09 bits per heavy atom. The van der Waals surface area contributed by atoms with Crippen molar-refractivity contribution in [2.75, 3.05) is 26.0 Å². The number of rotatable bonds is 7. The third-order valence-electron chi connectivity index (χ3n) is 4.92. The zero-order valence-corrected chi connectivity index (χ0v) is 19.8. The molecule has 4 aromatic rings. The number of hydrogen-bond acceptors (Lipinski definition) is 5. The van der Waals surface area contributed by atoms with E-state index in [4.69, 9.17) is 32.4 Å². The summed E-state index contributed by atoms with van der Waals surface area (Å²) < 4.78 is 12.3. The molecule has 2 aromatic carbocycles. The Balaban J connectivity index is 1.56. The number of carbonyl (C=O) groups is 2. The number of hydrogen-bond donors (Lipinski definition) is 1. The summed E-state index contributed by atoms with van der Waals surface area (Å²) in [5.41, 5.74) is 1.77. The molecule has 174 valence electrons. The lowest BCUT2D eigenvalue weighted by molar-refractivity contribution is -0.116. The highest BCUT2D eigenvalue weighted by atomic mass is 35.5. The van der Waals surface area contributed by atoms with Crippen molar-refractivity contribution in [3.05, 3.63) is 82.7 Å². The maximum Gasteiger partial charge on any atom is 0.274 e. The number of nitrogens with zero attached hydrogens (tertiary/aromatic N) is 3. The Morgan fingerprint density at radius 3 is 2.59 bits per heavy atom. The lowest BCUT2D eigenvalue weighted by atomic mass is 10.2. The summed E-state index contributed by atoms with van der Waals surface area (Å²) in [5, 5.41) is 8.15. The van der Waals surface area contributed by atoms with Gasteiger partial charge in [-0.2, -0.15) is 5.10 Å². The molecule has 4 rings (SSSR count). The van der Waals surface area contributed by atoms with E-state index in [0.29, 0.717) is 38.6 Å². The molecule has 0 atom stereocenters. The highest BCUT2D eigenvalue weighted by molar-refractivity contribution is 6.31. The second-order valence-electron chi connectivity index (χ2n) is 7.34. The van der Waals surface area contributed by atoms with Gasteiger partial charge in [-0.15, -0.1) is 0 Å². The molecule has 2 amide bonds. The number of nitrogens with one attached hydrogen (secondary N) is 1. The zero-order valence-electron chi connectivity index (χ0n) is 18.3. The van der Waals surface area contributed by atoms with E-state index in [1.807, 2.05) is 6.07 Å². The molecule has 0 radical (unpaired) electrons. The van der Waals surface area contributed by atoms with Gasteiger partial charge in [0.15, 0.2) is 11.5 Å². The van der Waals surface area contributed by atoms with Crippen LogP contribution in [0.1, 0.15) is 10.5 Å². The summed E-state index contributed by atoms with van der Waals surface area (Å²) in [6.45, 7) is -0.214. The number of amides is 2. The number of methoxy groups -OCH3 is 1. The van der Waals surface area contributed by atoms with Gasteiger partial charge in [0, 0.05) is 23.2 Å². The van der Waals surface area contributed by atoms with Gasteiger partial charge in [0.1, 0.15) is 11.4 Å². The first-order valence-electron chi connectivity index (χ1n) is 10.1. The van der Waals surface area contributed by atoms with Gasteiger partial charge in [0.2, 0.25) is 5.91 Å². The summed E-state index contributed by atoms with van der Waals surface area (Å²) in [6.07, 6.45) is 1.53. The summed E-state index contributed by atoms with van der Waals surface area (Å²) >= 11 is 12.2. The molecule has 10 heteroatoms. The average Bonchev–Trinajstić information content (AvgIpc) is 3.48. The fraction of sp³-hybridized carbons (Fsp3) is 0.125. The molecule has 2 aromatic heterocycles. The first-order valence-corrected chi connectivity index (χ1v) is 10.9. The van der Waals surface area contributed by atoms with E-state index >= 15 is 0 Å². The van der Waals surface area contributed by atoms with Gasteiger partial charge in [-0.1, -0.05) is 29.3 Å². The predicted molar refractivity (Wildman–Crippen MR) is 130 cm³/mol. The molecule has 1 N–H and O–H groups in total. The molecule has 0 bridgehead atoms. The molecule has 0 spiro atoms. The van der Waals surface area contributed by atoms with E-state index in [2.05, 4.69) is 10.4 Å². The number of furan rings is 1. The average molecular weight is 499 g/mol. The molecule has 2 heterocycles. The molecule has 0 aliphatic rings. The van der Waals surface area contributed by atoms with Gasteiger partial charge in [0.25, 0.3) is 5.91 Å². The second-order valence-corrected chi connectivity index (χ2v) is 8.21. The first-order chi connectivity index (χ1) is 16.4. The van der Waals surface area contributed by atoms with Crippen LogP contribution < -0.4 is 10.1 Å². The van der Waals surface area contributed by atoms with Crippen LogP contribution in [-0.2, 0) is 4.79 Å². The molecule has 0 saturated carbocycles.